The molecule has 5 nitrogen and oxygen atoms in total. The Balaban J connectivity index is 1.97. The number of nitrogens with one attached hydrogen (secondary N) is 1. The molecule has 0 amide bonds. The topological polar surface area (TPSA) is 74.2 Å². The number of para-hydroxylation sites is 1. The van der Waals surface area contributed by atoms with Crippen molar-refractivity contribution in [1.29, 1.82) is 0 Å². The number of aromatic hydroxyl groups is 1. The van der Waals surface area contributed by atoms with E-state index in [1.807, 2.05) is 24.4 Å². The van der Waals surface area contributed by atoms with Crippen molar-refractivity contribution in [2.45, 2.75) is 6.54 Å². The van der Waals surface area contributed by atoms with Crippen molar-refractivity contribution in [3.63, 3.8) is 0 Å². The van der Waals surface area contributed by atoms with Crippen molar-refractivity contribution in [3.8, 4) is 17.0 Å². The first-order chi connectivity index (χ1) is 9.33. The van der Waals surface area contributed by atoms with Crippen LogP contribution in [-0.4, -0.2) is 26.5 Å². The molecule has 1 aliphatic heterocycles. The third-order valence-corrected chi connectivity index (χ3v) is 3.33. The fourth-order valence-electron chi connectivity index (χ4n) is 2.38. The van der Waals surface area contributed by atoms with E-state index < -0.39 is 0 Å². The van der Waals surface area contributed by atoms with Crippen LogP contribution in [0.3, 0.4) is 0 Å². The number of fused-ring (bicyclic) bond motifs is 3. The summed E-state index contributed by atoms with van der Waals surface area (Å²) in [5, 5.41) is 19.2. The van der Waals surface area contributed by atoms with E-state index in [4.69, 9.17) is 0 Å². The number of phenols is 1. The van der Waals surface area contributed by atoms with Crippen molar-refractivity contribution in [3.05, 3.63) is 41.6 Å². The number of hydrogen-bond donors (Lipinski definition) is 2. The van der Waals surface area contributed by atoms with Gasteiger partial charge in [-0.05, 0) is 18.2 Å². The van der Waals surface area contributed by atoms with Crippen LogP contribution >= 0.6 is 0 Å². The maximum Gasteiger partial charge on any atom is 0.160 e. The summed E-state index contributed by atoms with van der Waals surface area (Å²) in [5.74, 6) is 0.206. The van der Waals surface area contributed by atoms with Gasteiger partial charge in [-0.15, -0.1) is 10.2 Å². The van der Waals surface area contributed by atoms with Crippen LogP contribution in [0, 0.1) is 0 Å². The molecule has 0 spiro atoms. The zero-order valence-electron chi connectivity index (χ0n) is 9.96. The molecule has 2 N–H and O–H groups in total. The average molecular weight is 250 g/mol. The van der Waals surface area contributed by atoms with Crippen molar-refractivity contribution in [2.75, 3.05) is 0 Å². The predicted octanol–water partition coefficient (Wildman–Crippen LogP) is 2.26. The predicted molar refractivity (Wildman–Crippen MR) is 72.3 cm³/mol. The van der Waals surface area contributed by atoms with E-state index in [2.05, 4.69) is 20.2 Å². The summed E-state index contributed by atoms with van der Waals surface area (Å²) in [6, 6.07) is 9.05. The van der Waals surface area contributed by atoms with Crippen LogP contribution in [0.5, 0.6) is 5.75 Å². The van der Waals surface area contributed by atoms with E-state index in [0.717, 1.165) is 22.3 Å². The van der Waals surface area contributed by atoms with Crippen LogP contribution in [0.25, 0.3) is 22.3 Å². The Kier molecular flexibility index (Phi) is 1.97. The maximum atomic E-state index is 9.88. The molecule has 0 saturated heterocycles. The molecule has 0 atom stereocenters. The Morgan fingerprint density at radius 2 is 2.05 bits per heavy atom. The van der Waals surface area contributed by atoms with Gasteiger partial charge in [0.15, 0.2) is 5.65 Å². The Morgan fingerprint density at radius 1 is 1.16 bits per heavy atom. The van der Waals surface area contributed by atoms with E-state index in [-0.39, 0.29) is 5.75 Å². The molecule has 4 rings (SSSR count). The maximum absolute atomic E-state index is 9.88. The Hall–Kier alpha value is -2.69. The summed E-state index contributed by atoms with van der Waals surface area (Å²) in [4.78, 5) is 7.44. The minimum absolute atomic E-state index is 0.206. The second-order valence-electron chi connectivity index (χ2n) is 4.50. The smallest absolute Gasteiger partial charge is 0.160 e. The summed E-state index contributed by atoms with van der Waals surface area (Å²) < 4.78 is 0. The lowest BCUT2D eigenvalue weighted by molar-refractivity contribution is 0.477. The highest BCUT2D eigenvalue weighted by atomic mass is 16.3. The highest BCUT2D eigenvalue weighted by molar-refractivity contribution is 6.01. The molecular weight excluding hydrogens is 240 g/mol. The molecule has 1 aromatic carbocycles. The number of aromatic nitrogens is 3. The van der Waals surface area contributed by atoms with Crippen LogP contribution < -0.4 is 0 Å². The molecule has 0 aliphatic carbocycles. The Labute approximate surface area is 108 Å². The quantitative estimate of drug-likeness (QED) is 0.695. The van der Waals surface area contributed by atoms with Crippen LogP contribution in [0.2, 0.25) is 0 Å². The standard InChI is InChI=1S/C14H10N4O/c19-13-4-2-1-3-8(13)11-5-9-10-6-15-7-12(10)16-14(9)18-17-11/h1-6,19H,7H2,(H,16,18). The number of aliphatic imine (C=N–C) groups is 1. The molecular formula is C14H10N4O. The molecule has 2 aromatic heterocycles. The summed E-state index contributed by atoms with van der Waals surface area (Å²) in [5.41, 5.74) is 4.24. The lowest BCUT2D eigenvalue weighted by Gasteiger charge is -2.02. The molecule has 1 aliphatic rings. The van der Waals surface area contributed by atoms with Crippen LogP contribution in [0.4, 0.5) is 0 Å². The van der Waals surface area contributed by atoms with Crippen LogP contribution in [0.15, 0.2) is 35.3 Å². The minimum Gasteiger partial charge on any atom is -0.507 e. The van der Waals surface area contributed by atoms with Crippen LogP contribution in [-0.2, 0) is 6.54 Å². The molecule has 0 fully saturated rings. The van der Waals surface area contributed by atoms with Gasteiger partial charge in [-0.25, -0.2) is 0 Å². The largest absolute Gasteiger partial charge is 0.507 e. The minimum atomic E-state index is 0.206. The third-order valence-electron chi connectivity index (χ3n) is 3.33. The van der Waals surface area contributed by atoms with Gasteiger partial charge in [-0.2, -0.15) is 0 Å². The normalized spacial score (nSPS) is 13.1. The van der Waals surface area contributed by atoms with Gasteiger partial charge < -0.3 is 10.1 Å². The zero-order chi connectivity index (χ0) is 12.8. The molecule has 0 unspecified atom stereocenters. The van der Waals surface area contributed by atoms with Gasteiger partial charge in [0, 0.05) is 28.4 Å². The van der Waals surface area contributed by atoms with Gasteiger partial charge >= 0.3 is 0 Å². The number of hydrogen-bond acceptors (Lipinski definition) is 4. The molecule has 5 heteroatoms. The molecule has 0 radical (unpaired) electrons. The summed E-state index contributed by atoms with van der Waals surface area (Å²) >= 11 is 0. The number of rotatable bonds is 1. The Morgan fingerprint density at radius 3 is 2.95 bits per heavy atom. The van der Waals surface area contributed by atoms with Crippen molar-refractivity contribution >= 4 is 17.2 Å². The van der Waals surface area contributed by atoms with Gasteiger partial charge in [0.05, 0.1) is 12.2 Å². The number of aromatic amines is 1. The first-order valence-electron chi connectivity index (χ1n) is 5.99. The third kappa shape index (κ3) is 1.45. The monoisotopic (exact) mass is 250 g/mol. The van der Waals surface area contributed by atoms with Gasteiger partial charge in [-0.3, -0.25) is 4.99 Å². The molecule has 19 heavy (non-hydrogen) atoms. The highest BCUT2D eigenvalue weighted by Crippen LogP contribution is 2.30. The summed E-state index contributed by atoms with van der Waals surface area (Å²) in [7, 11) is 0. The van der Waals surface area contributed by atoms with E-state index in [1.165, 1.54) is 0 Å². The zero-order valence-corrected chi connectivity index (χ0v) is 9.96. The number of benzene rings is 1. The molecule has 92 valence electrons. The van der Waals surface area contributed by atoms with Gasteiger partial charge in [0.1, 0.15) is 5.75 Å². The van der Waals surface area contributed by atoms with Crippen molar-refractivity contribution in [1.82, 2.24) is 15.2 Å². The summed E-state index contributed by atoms with van der Waals surface area (Å²) in [6.07, 6.45) is 1.85. The molecule has 0 bridgehead atoms. The van der Waals surface area contributed by atoms with E-state index in [0.29, 0.717) is 17.8 Å². The van der Waals surface area contributed by atoms with Crippen molar-refractivity contribution < 1.29 is 5.11 Å². The van der Waals surface area contributed by atoms with Gasteiger partial charge in [0.25, 0.3) is 0 Å². The number of phenolic OH excluding ortho intramolecular Hbond substituents is 1. The van der Waals surface area contributed by atoms with Crippen LogP contribution in [0.1, 0.15) is 11.3 Å². The fourth-order valence-corrected chi connectivity index (χ4v) is 2.38. The average Bonchev–Trinajstić information content (AvgIpc) is 2.99. The number of H-pyrrole nitrogens is 1. The molecule has 3 heterocycles. The highest BCUT2D eigenvalue weighted by Gasteiger charge is 2.16. The van der Waals surface area contributed by atoms with Gasteiger partial charge in [-0.1, -0.05) is 12.1 Å². The molecule has 0 saturated carbocycles. The lowest BCUT2D eigenvalue weighted by atomic mass is 10.1. The lowest BCUT2D eigenvalue weighted by Crippen LogP contribution is -1.89. The second kappa shape index (κ2) is 3.65. The molecule has 3 aromatic rings. The van der Waals surface area contributed by atoms with Gasteiger partial charge in [0.2, 0.25) is 0 Å². The number of nitrogens with zero attached hydrogens (tertiary/aromatic N) is 3. The first-order valence-corrected chi connectivity index (χ1v) is 5.99. The summed E-state index contributed by atoms with van der Waals surface area (Å²) in [6.45, 7) is 0.664. The van der Waals surface area contributed by atoms with E-state index >= 15 is 0 Å². The van der Waals surface area contributed by atoms with E-state index in [9.17, 15) is 5.11 Å². The van der Waals surface area contributed by atoms with E-state index in [1.54, 1.807) is 12.1 Å². The van der Waals surface area contributed by atoms with Crippen molar-refractivity contribution in [2.24, 2.45) is 4.99 Å². The SMILES string of the molecule is Oc1ccccc1-c1cc2c3c([nH]c2nn1)CN=C3. The fraction of sp³-hybridized carbons (Fsp3) is 0.0714. The second-order valence-corrected chi connectivity index (χ2v) is 4.50. The first kappa shape index (κ1) is 10.3. The Bertz CT molecular complexity index is 819.